The normalized spacial score (nSPS) is 12.7. The van der Waals surface area contributed by atoms with E-state index >= 15 is 0 Å². The molecular formula is C21H21OP. The van der Waals surface area contributed by atoms with Crippen molar-refractivity contribution < 1.29 is 4.57 Å². The molecule has 3 aromatic carbocycles. The average molecular weight is 320 g/mol. The van der Waals surface area contributed by atoms with E-state index < -0.39 is 7.14 Å². The molecule has 0 aromatic heterocycles. The van der Waals surface area contributed by atoms with E-state index in [2.05, 4.69) is 19.1 Å². The Hall–Kier alpha value is -2.11. The summed E-state index contributed by atoms with van der Waals surface area (Å²) < 4.78 is 14.0. The first kappa shape index (κ1) is 15.8. The first-order chi connectivity index (χ1) is 11.2. The van der Waals surface area contributed by atoms with Gasteiger partial charge in [0.25, 0.3) is 0 Å². The minimum atomic E-state index is -2.65. The van der Waals surface area contributed by atoms with Crippen LogP contribution >= 0.6 is 7.14 Å². The molecule has 0 aliphatic rings. The quantitative estimate of drug-likeness (QED) is 0.617. The minimum Gasteiger partial charge on any atom is -0.314 e. The van der Waals surface area contributed by atoms with Crippen molar-refractivity contribution in [2.75, 3.05) is 6.16 Å². The zero-order valence-electron chi connectivity index (χ0n) is 13.3. The number of rotatable bonds is 5. The highest BCUT2D eigenvalue weighted by Crippen LogP contribution is 2.46. The molecule has 0 spiro atoms. The second-order valence-electron chi connectivity index (χ2n) is 5.91. The monoisotopic (exact) mass is 320 g/mol. The van der Waals surface area contributed by atoms with Gasteiger partial charge < -0.3 is 4.57 Å². The second-order valence-corrected chi connectivity index (χ2v) is 8.78. The maximum absolute atomic E-state index is 14.0. The van der Waals surface area contributed by atoms with Crippen molar-refractivity contribution in [1.82, 2.24) is 0 Å². The van der Waals surface area contributed by atoms with E-state index in [1.807, 2.05) is 78.9 Å². The SMILES string of the molecule is C[C@H](CP(=O)(c1ccccc1)c1ccccc1)c1ccccc1. The van der Waals surface area contributed by atoms with Crippen LogP contribution in [0.2, 0.25) is 0 Å². The molecule has 116 valence electrons. The van der Waals surface area contributed by atoms with Crippen LogP contribution in [0.15, 0.2) is 91.0 Å². The Labute approximate surface area is 138 Å². The molecule has 0 radical (unpaired) electrons. The topological polar surface area (TPSA) is 17.1 Å². The highest BCUT2D eigenvalue weighted by molar-refractivity contribution is 7.78. The zero-order chi connectivity index (χ0) is 16.1. The van der Waals surface area contributed by atoms with Gasteiger partial charge in [0.05, 0.1) is 0 Å². The van der Waals surface area contributed by atoms with E-state index in [-0.39, 0.29) is 5.92 Å². The molecule has 2 heteroatoms. The first-order valence-corrected chi connectivity index (χ1v) is 9.84. The van der Waals surface area contributed by atoms with Crippen molar-refractivity contribution in [3.63, 3.8) is 0 Å². The fourth-order valence-electron chi connectivity index (χ4n) is 2.97. The lowest BCUT2D eigenvalue weighted by Crippen LogP contribution is -2.20. The van der Waals surface area contributed by atoms with Crippen molar-refractivity contribution in [1.29, 1.82) is 0 Å². The summed E-state index contributed by atoms with van der Waals surface area (Å²) >= 11 is 0. The largest absolute Gasteiger partial charge is 0.314 e. The van der Waals surface area contributed by atoms with E-state index in [1.165, 1.54) is 5.56 Å². The van der Waals surface area contributed by atoms with Gasteiger partial charge in [-0.25, -0.2) is 0 Å². The van der Waals surface area contributed by atoms with Crippen LogP contribution in [0.25, 0.3) is 0 Å². The van der Waals surface area contributed by atoms with Crippen LogP contribution in [-0.2, 0) is 4.57 Å². The number of hydrogen-bond acceptors (Lipinski definition) is 1. The fraction of sp³-hybridized carbons (Fsp3) is 0.143. The Kier molecular flexibility index (Phi) is 4.79. The van der Waals surface area contributed by atoms with Crippen LogP contribution in [0.1, 0.15) is 18.4 Å². The summed E-state index contributed by atoms with van der Waals surface area (Å²) in [5.41, 5.74) is 1.24. The Morgan fingerprint density at radius 2 is 1.09 bits per heavy atom. The van der Waals surface area contributed by atoms with Crippen LogP contribution in [0.5, 0.6) is 0 Å². The highest BCUT2D eigenvalue weighted by Gasteiger charge is 2.29. The Morgan fingerprint density at radius 3 is 1.52 bits per heavy atom. The van der Waals surface area contributed by atoms with Gasteiger partial charge in [0.15, 0.2) is 0 Å². The molecule has 0 saturated heterocycles. The van der Waals surface area contributed by atoms with Crippen molar-refractivity contribution in [3.8, 4) is 0 Å². The van der Waals surface area contributed by atoms with E-state index in [0.717, 1.165) is 10.6 Å². The van der Waals surface area contributed by atoms with E-state index in [9.17, 15) is 4.57 Å². The van der Waals surface area contributed by atoms with Crippen LogP contribution in [0.4, 0.5) is 0 Å². The van der Waals surface area contributed by atoms with Gasteiger partial charge in [0.1, 0.15) is 7.14 Å². The Morgan fingerprint density at radius 1 is 0.696 bits per heavy atom. The van der Waals surface area contributed by atoms with E-state index in [1.54, 1.807) is 0 Å². The van der Waals surface area contributed by atoms with Crippen LogP contribution < -0.4 is 10.6 Å². The molecule has 0 unspecified atom stereocenters. The third kappa shape index (κ3) is 3.46. The van der Waals surface area contributed by atoms with Crippen molar-refractivity contribution in [3.05, 3.63) is 96.6 Å². The average Bonchev–Trinajstić information content (AvgIpc) is 2.64. The molecule has 3 rings (SSSR count). The summed E-state index contributed by atoms with van der Waals surface area (Å²) in [6.07, 6.45) is 0.644. The maximum atomic E-state index is 14.0. The Balaban J connectivity index is 2.02. The van der Waals surface area contributed by atoms with Crippen molar-refractivity contribution in [2.24, 2.45) is 0 Å². The molecule has 0 aliphatic carbocycles. The molecule has 1 nitrogen and oxygen atoms in total. The molecule has 1 atom stereocenters. The smallest absolute Gasteiger partial charge is 0.143 e. The second kappa shape index (κ2) is 6.98. The lowest BCUT2D eigenvalue weighted by molar-refractivity contribution is 0.583. The predicted octanol–water partition coefficient (Wildman–Crippen LogP) is 4.80. The number of benzene rings is 3. The van der Waals surface area contributed by atoms with E-state index in [4.69, 9.17) is 0 Å². The molecule has 0 fully saturated rings. The third-order valence-corrected chi connectivity index (χ3v) is 7.57. The van der Waals surface area contributed by atoms with Gasteiger partial charge >= 0.3 is 0 Å². The lowest BCUT2D eigenvalue weighted by atomic mass is 10.0. The van der Waals surface area contributed by atoms with Gasteiger partial charge in [-0.2, -0.15) is 0 Å². The fourth-order valence-corrected chi connectivity index (χ4v) is 5.98. The van der Waals surface area contributed by atoms with E-state index in [0.29, 0.717) is 6.16 Å². The molecule has 23 heavy (non-hydrogen) atoms. The van der Waals surface area contributed by atoms with Crippen LogP contribution in [0.3, 0.4) is 0 Å². The molecule has 3 aromatic rings. The maximum Gasteiger partial charge on any atom is 0.143 e. The molecule has 0 amide bonds. The summed E-state index contributed by atoms with van der Waals surface area (Å²) in [7, 11) is -2.65. The summed E-state index contributed by atoms with van der Waals surface area (Å²) in [6.45, 7) is 2.16. The number of hydrogen-bond donors (Lipinski definition) is 0. The first-order valence-electron chi connectivity index (χ1n) is 7.95. The van der Waals surface area contributed by atoms with Gasteiger partial charge in [-0.3, -0.25) is 0 Å². The molecule has 0 aliphatic heterocycles. The van der Waals surface area contributed by atoms with Crippen molar-refractivity contribution in [2.45, 2.75) is 12.8 Å². The summed E-state index contributed by atoms with van der Waals surface area (Å²) in [4.78, 5) is 0. The van der Waals surface area contributed by atoms with Gasteiger partial charge in [0, 0.05) is 16.8 Å². The van der Waals surface area contributed by atoms with Gasteiger partial charge in [0.2, 0.25) is 0 Å². The standard InChI is InChI=1S/C21H21OP/c1-18(19-11-5-2-6-12-19)17-23(22,20-13-7-3-8-14-20)21-15-9-4-10-16-21/h2-16,18H,17H2,1H3/t18-/m1/s1. The van der Waals surface area contributed by atoms with Crippen molar-refractivity contribution >= 4 is 17.8 Å². The predicted molar refractivity (Wildman–Crippen MR) is 99.5 cm³/mol. The zero-order valence-corrected chi connectivity index (χ0v) is 14.2. The van der Waals surface area contributed by atoms with Gasteiger partial charge in [-0.1, -0.05) is 97.9 Å². The molecule has 0 saturated carbocycles. The molecule has 0 bridgehead atoms. The summed E-state index contributed by atoms with van der Waals surface area (Å²) in [5, 5.41) is 1.88. The molecule has 0 N–H and O–H groups in total. The third-order valence-electron chi connectivity index (χ3n) is 4.25. The van der Waals surface area contributed by atoms with Crippen LogP contribution in [-0.4, -0.2) is 6.16 Å². The Bertz CT molecular complexity index is 738. The van der Waals surface area contributed by atoms with Gasteiger partial charge in [-0.15, -0.1) is 0 Å². The van der Waals surface area contributed by atoms with Crippen LogP contribution in [0, 0.1) is 0 Å². The highest BCUT2D eigenvalue weighted by atomic mass is 31.2. The molecule has 0 heterocycles. The molecular weight excluding hydrogens is 299 g/mol. The summed E-state index contributed by atoms with van der Waals surface area (Å²) in [5.74, 6) is 0.238. The lowest BCUT2D eigenvalue weighted by Gasteiger charge is -2.23. The minimum absolute atomic E-state index is 0.238. The van der Waals surface area contributed by atoms with Gasteiger partial charge in [-0.05, 0) is 11.5 Å². The summed E-state index contributed by atoms with van der Waals surface area (Å²) in [6, 6.07) is 30.1.